The predicted molar refractivity (Wildman–Crippen MR) is 128 cm³/mol. The number of aromatic nitrogens is 3. The molecule has 1 aliphatic heterocycles. The van der Waals surface area contributed by atoms with E-state index in [1.54, 1.807) is 12.1 Å². The van der Waals surface area contributed by atoms with Crippen LogP contribution in [-0.4, -0.2) is 40.4 Å². The van der Waals surface area contributed by atoms with Crippen molar-refractivity contribution in [1.29, 1.82) is 0 Å². The maximum absolute atomic E-state index is 12.6. The number of fused-ring (bicyclic) bond motifs is 1. The van der Waals surface area contributed by atoms with E-state index in [0.29, 0.717) is 11.0 Å². The number of thiazole rings is 1. The van der Waals surface area contributed by atoms with E-state index in [1.807, 2.05) is 19.3 Å². The van der Waals surface area contributed by atoms with Gasteiger partial charge in [-0.2, -0.15) is 0 Å². The minimum atomic E-state index is -3.25. The SMILES string of the molecule is Cc1ncc(CN2Cc3sc(NC(=O)Cc4ccc(S(C)(=O)=O)cc4)nc3[C@@H]2C(C)C)cn1. The van der Waals surface area contributed by atoms with Crippen molar-refractivity contribution in [3.63, 3.8) is 0 Å². The van der Waals surface area contributed by atoms with Crippen molar-refractivity contribution >= 4 is 32.2 Å². The summed E-state index contributed by atoms with van der Waals surface area (Å²) in [6, 6.07) is 6.54. The molecule has 0 radical (unpaired) electrons. The lowest BCUT2D eigenvalue weighted by Gasteiger charge is -2.27. The van der Waals surface area contributed by atoms with Gasteiger partial charge in [0, 0.05) is 42.2 Å². The van der Waals surface area contributed by atoms with Crippen LogP contribution >= 0.6 is 11.3 Å². The Balaban J connectivity index is 1.42. The topological polar surface area (TPSA) is 105 Å². The van der Waals surface area contributed by atoms with Gasteiger partial charge in [-0.05, 0) is 30.5 Å². The summed E-state index contributed by atoms with van der Waals surface area (Å²) in [5, 5.41) is 3.51. The Morgan fingerprint density at radius 3 is 2.45 bits per heavy atom. The standard InChI is InChI=1S/C23H27N5O3S2/c1-14(2)22-21-19(13-28(22)12-17-10-24-15(3)25-11-17)32-23(27-21)26-20(29)9-16-5-7-18(8-6-16)33(4,30)31/h5-8,10-11,14,22H,9,12-13H2,1-4H3,(H,26,27,29)/t22-/m0/s1. The molecule has 0 aliphatic carbocycles. The molecule has 2 aromatic heterocycles. The van der Waals surface area contributed by atoms with Crippen molar-refractivity contribution in [2.75, 3.05) is 11.6 Å². The number of amides is 1. The van der Waals surface area contributed by atoms with Crippen LogP contribution in [0.15, 0.2) is 41.6 Å². The van der Waals surface area contributed by atoms with Crippen LogP contribution < -0.4 is 5.32 Å². The first-order valence-electron chi connectivity index (χ1n) is 10.7. The Morgan fingerprint density at radius 1 is 1.18 bits per heavy atom. The molecule has 3 aromatic rings. The van der Waals surface area contributed by atoms with E-state index < -0.39 is 9.84 Å². The van der Waals surface area contributed by atoms with Crippen LogP contribution in [0.4, 0.5) is 5.13 Å². The van der Waals surface area contributed by atoms with Gasteiger partial charge < -0.3 is 5.32 Å². The minimum Gasteiger partial charge on any atom is -0.302 e. The lowest BCUT2D eigenvalue weighted by atomic mass is 10.0. The van der Waals surface area contributed by atoms with Crippen molar-refractivity contribution in [2.45, 2.75) is 51.2 Å². The van der Waals surface area contributed by atoms with Crippen LogP contribution in [0, 0.1) is 12.8 Å². The predicted octanol–water partition coefficient (Wildman–Crippen LogP) is 3.54. The molecule has 3 heterocycles. The first-order chi connectivity index (χ1) is 15.6. The average Bonchev–Trinajstić information content (AvgIpc) is 3.25. The molecule has 0 fully saturated rings. The van der Waals surface area contributed by atoms with E-state index in [0.717, 1.165) is 46.9 Å². The number of benzene rings is 1. The quantitative estimate of drug-likeness (QED) is 0.546. The summed E-state index contributed by atoms with van der Waals surface area (Å²) in [4.78, 5) is 29.7. The Labute approximate surface area is 198 Å². The third-order valence-electron chi connectivity index (χ3n) is 5.56. The van der Waals surface area contributed by atoms with Crippen molar-refractivity contribution in [2.24, 2.45) is 5.92 Å². The van der Waals surface area contributed by atoms with Gasteiger partial charge in [-0.1, -0.05) is 26.0 Å². The molecule has 1 aliphatic rings. The highest BCUT2D eigenvalue weighted by Gasteiger charge is 2.36. The number of hydrogen-bond acceptors (Lipinski definition) is 8. The van der Waals surface area contributed by atoms with E-state index in [9.17, 15) is 13.2 Å². The second-order valence-corrected chi connectivity index (χ2v) is 11.8. The second kappa shape index (κ2) is 9.28. The zero-order chi connectivity index (χ0) is 23.8. The van der Waals surface area contributed by atoms with Crippen LogP contribution in [0.5, 0.6) is 0 Å². The van der Waals surface area contributed by atoms with Crippen molar-refractivity contribution in [3.05, 3.63) is 64.2 Å². The largest absolute Gasteiger partial charge is 0.302 e. The van der Waals surface area contributed by atoms with E-state index in [-0.39, 0.29) is 23.3 Å². The monoisotopic (exact) mass is 485 g/mol. The molecule has 174 valence electrons. The number of carbonyl (C=O) groups excluding carboxylic acids is 1. The van der Waals surface area contributed by atoms with Crippen LogP contribution in [0.2, 0.25) is 0 Å². The highest BCUT2D eigenvalue weighted by atomic mass is 32.2. The molecule has 1 amide bonds. The molecule has 0 saturated heterocycles. The first-order valence-corrected chi connectivity index (χ1v) is 13.4. The van der Waals surface area contributed by atoms with Gasteiger partial charge in [0.25, 0.3) is 0 Å². The summed E-state index contributed by atoms with van der Waals surface area (Å²) in [5.41, 5.74) is 2.84. The molecule has 0 bridgehead atoms. The summed E-state index contributed by atoms with van der Waals surface area (Å²) < 4.78 is 23.2. The number of nitrogens with one attached hydrogen (secondary N) is 1. The van der Waals surface area contributed by atoms with Gasteiger partial charge >= 0.3 is 0 Å². The molecule has 1 atom stereocenters. The summed E-state index contributed by atoms with van der Waals surface area (Å²) in [7, 11) is -3.25. The highest BCUT2D eigenvalue weighted by molar-refractivity contribution is 7.90. The Kier molecular flexibility index (Phi) is 6.60. The van der Waals surface area contributed by atoms with E-state index in [1.165, 1.54) is 23.5 Å². The summed E-state index contributed by atoms with van der Waals surface area (Å²) in [6.07, 6.45) is 5.05. The van der Waals surface area contributed by atoms with Crippen LogP contribution in [0.3, 0.4) is 0 Å². The smallest absolute Gasteiger partial charge is 0.230 e. The third-order valence-corrected chi connectivity index (χ3v) is 7.66. The van der Waals surface area contributed by atoms with Crippen molar-refractivity contribution in [1.82, 2.24) is 19.9 Å². The number of carbonyl (C=O) groups is 1. The summed E-state index contributed by atoms with van der Waals surface area (Å²) >= 11 is 1.51. The van der Waals surface area contributed by atoms with Gasteiger partial charge in [0.05, 0.1) is 23.1 Å². The number of aryl methyl sites for hydroxylation is 1. The Hall–Kier alpha value is -2.69. The molecule has 0 spiro atoms. The van der Waals surface area contributed by atoms with E-state index in [2.05, 4.69) is 34.0 Å². The fourth-order valence-corrected chi connectivity index (χ4v) is 5.72. The van der Waals surface area contributed by atoms with Gasteiger partial charge in [-0.3, -0.25) is 9.69 Å². The maximum Gasteiger partial charge on any atom is 0.230 e. The molecule has 8 nitrogen and oxygen atoms in total. The summed E-state index contributed by atoms with van der Waals surface area (Å²) in [5.74, 6) is 0.939. The lowest BCUT2D eigenvalue weighted by Crippen LogP contribution is -2.26. The van der Waals surface area contributed by atoms with Gasteiger partial charge in [-0.15, -0.1) is 11.3 Å². The molecular formula is C23H27N5O3S2. The highest BCUT2D eigenvalue weighted by Crippen LogP contribution is 2.43. The molecule has 1 N–H and O–H groups in total. The normalized spacial score (nSPS) is 16.2. The second-order valence-electron chi connectivity index (χ2n) is 8.70. The number of hydrogen-bond donors (Lipinski definition) is 1. The number of rotatable bonds is 7. The number of anilines is 1. The molecule has 1 aromatic carbocycles. The number of sulfone groups is 1. The average molecular weight is 486 g/mol. The van der Waals surface area contributed by atoms with Gasteiger partial charge in [0.1, 0.15) is 5.82 Å². The molecule has 10 heteroatoms. The minimum absolute atomic E-state index is 0.154. The molecule has 0 saturated carbocycles. The summed E-state index contributed by atoms with van der Waals surface area (Å²) in [6.45, 7) is 7.74. The zero-order valence-electron chi connectivity index (χ0n) is 19.1. The van der Waals surface area contributed by atoms with Crippen molar-refractivity contribution in [3.8, 4) is 0 Å². The molecule has 4 rings (SSSR count). The molecule has 33 heavy (non-hydrogen) atoms. The lowest BCUT2D eigenvalue weighted by molar-refractivity contribution is -0.115. The molecule has 0 unspecified atom stereocenters. The van der Waals surface area contributed by atoms with E-state index >= 15 is 0 Å². The van der Waals surface area contributed by atoms with Crippen LogP contribution in [0.1, 0.15) is 47.4 Å². The fourth-order valence-electron chi connectivity index (χ4n) is 4.05. The Bertz CT molecular complexity index is 1250. The first kappa shape index (κ1) is 23.5. The third kappa shape index (κ3) is 5.45. The fraction of sp³-hybridized carbons (Fsp3) is 0.391. The van der Waals surface area contributed by atoms with E-state index in [4.69, 9.17) is 4.98 Å². The maximum atomic E-state index is 12.6. The van der Waals surface area contributed by atoms with Gasteiger partial charge in [0.2, 0.25) is 5.91 Å². The Morgan fingerprint density at radius 2 is 1.85 bits per heavy atom. The molecular weight excluding hydrogens is 458 g/mol. The van der Waals surface area contributed by atoms with Gasteiger partial charge in [0.15, 0.2) is 15.0 Å². The number of nitrogens with zero attached hydrogens (tertiary/aromatic N) is 4. The van der Waals surface area contributed by atoms with Gasteiger partial charge in [-0.25, -0.2) is 23.4 Å². The van der Waals surface area contributed by atoms with Crippen molar-refractivity contribution < 1.29 is 13.2 Å². The zero-order valence-corrected chi connectivity index (χ0v) is 20.7. The van der Waals surface area contributed by atoms with Crippen LogP contribution in [0.25, 0.3) is 0 Å². The van der Waals surface area contributed by atoms with Crippen LogP contribution in [-0.2, 0) is 34.1 Å².